The molecule has 0 unspecified atom stereocenters. The first kappa shape index (κ1) is 24.8. The van der Waals surface area contributed by atoms with Gasteiger partial charge < -0.3 is 9.47 Å². The second-order valence-corrected chi connectivity index (χ2v) is 9.72. The maximum atomic E-state index is 14.1. The number of pyridine rings is 1. The van der Waals surface area contributed by atoms with Crippen molar-refractivity contribution in [1.82, 2.24) is 24.3 Å². The Morgan fingerprint density at radius 2 is 1.87 bits per heavy atom. The van der Waals surface area contributed by atoms with E-state index >= 15 is 0 Å². The minimum Gasteiger partial charge on any atom is -0.333 e. The van der Waals surface area contributed by atoms with Crippen LogP contribution in [0.3, 0.4) is 0 Å². The van der Waals surface area contributed by atoms with Gasteiger partial charge in [0.25, 0.3) is 5.91 Å². The number of hydrogen-bond acceptors (Lipinski definition) is 4. The molecule has 0 spiro atoms. The monoisotopic (exact) mass is 530 g/mol. The lowest BCUT2D eigenvalue weighted by Gasteiger charge is -2.31. The van der Waals surface area contributed by atoms with Crippen LogP contribution >= 0.6 is 0 Å². The highest BCUT2D eigenvalue weighted by molar-refractivity contribution is 6.13. The summed E-state index contributed by atoms with van der Waals surface area (Å²) in [6.45, 7) is 2.73. The number of carbonyl (C=O) groups excluding carboxylic acids is 1. The first-order valence-electron chi connectivity index (χ1n) is 12.6. The Morgan fingerprint density at radius 3 is 2.62 bits per heavy atom. The molecule has 5 aromatic rings. The Morgan fingerprint density at radius 1 is 1.05 bits per heavy atom. The predicted octanol–water partition coefficient (Wildman–Crippen LogP) is 5.66. The van der Waals surface area contributed by atoms with Gasteiger partial charge >= 0.3 is 6.18 Å². The molecule has 6 rings (SSSR count). The molecule has 1 aliphatic heterocycles. The zero-order chi connectivity index (χ0) is 27.3. The van der Waals surface area contributed by atoms with E-state index in [1.165, 1.54) is 17.9 Å². The van der Waals surface area contributed by atoms with E-state index in [1.54, 1.807) is 35.8 Å². The number of halogens is 3. The molecule has 0 N–H and O–H groups in total. The third-order valence-corrected chi connectivity index (χ3v) is 7.14. The molecule has 0 aliphatic carbocycles. The van der Waals surface area contributed by atoms with Crippen LogP contribution in [0.5, 0.6) is 0 Å². The van der Waals surface area contributed by atoms with Gasteiger partial charge in [-0.1, -0.05) is 13.0 Å². The van der Waals surface area contributed by atoms with E-state index in [0.717, 1.165) is 28.6 Å². The van der Waals surface area contributed by atoms with E-state index < -0.39 is 11.9 Å². The lowest BCUT2D eigenvalue weighted by atomic mass is 9.87. The van der Waals surface area contributed by atoms with Gasteiger partial charge in [0.2, 0.25) is 0 Å². The molecule has 1 amide bonds. The van der Waals surface area contributed by atoms with Crippen molar-refractivity contribution in [3.05, 3.63) is 95.5 Å². The van der Waals surface area contributed by atoms with E-state index in [-0.39, 0.29) is 11.5 Å². The SMILES string of the molecule is CCc1cnc2cccc(N3CCc4c(cc(Cn5ccnc5)cc4-c4cn(C)nc4C(F)(F)F)C3=O)c2c1. The average molecular weight is 531 g/mol. The highest BCUT2D eigenvalue weighted by atomic mass is 19.4. The van der Waals surface area contributed by atoms with Gasteiger partial charge in [0.05, 0.1) is 17.5 Å². The number of nitrogens with zero attached hydrogens (tertiary/aromatic N) is 6. The summed E-state index contributed by atoms with van der Waals surface area (Å²) in [6.07, 6.45) is 4.81. The topological polar surface area (TPSA) is 68.8 Å². The molecule has 0 bridgehead atoms. The summed E-state index contributed by atoms with van der Waals surface area (Å²) in [5, 5.41) is 4.59. The maximum absolute atomic E-state index is 14.1. The van der Waals surface area contributed by atoms with Crippen LogP contribution in [0.1, 0.15) is 39.7 Å². The predicted molar refractivity (Wildman–Crippen MR) is 141 cm³/mol. The van der Waals surface area contributed by atoms with E-state index in [0.29, 0.717) is 41.8 Å². The van der Waals surface area contributed by atoms with Crippen molar-refractivity contribution in [3.63, 3.8) is 0 Å². The highest BCUT2D eigenvalue weighted by Crippen LogP contribution is 2.41. The Labute approximate surface area is 222 Å². The number of fused-ring (bicyclic) bond motifs is 2. The van der Waals surface area contributed by atoms with Crippen molar-refractivity contribution in [2.45, 2.75) is 32.5 Å². The second kappa shape index (κ2) is 9.37. The smallest absolute Gasteiger partial charge is 0.333 e. The molecular formula is C29H25F3N6O. The van der Waals surface area contributed by atoms with Gasteiger partial charge in [0, 0.05) is 61.4 Å². The summed E-state index contributed by atoms with van der Waals surface area (Å²) in [7, 11) is 1.46. The van der Waals surface area contributed by atoms with E-state index in [1.807, 2.05) is 42.0 Å². The molecule has 0 fully saturated rings. The van der Waals surface area contributed by atoms with Crippen LogP contribution in [0.25, 0.3) is 22.0 Å². The normalized spacial score (nSPS) is 13.8. The quantitative estimate of drug-likeness (QED) is 0.294. The van der Waals surface area contributed by atoms with E-state index in [9.17, 15) is 18.0 Å². The summed E-state index contributed by atoms with van der Waals surface area (Å²) >= 11 is 0. The molecule has 4 heterocycles. The largest absolute Gasteiger partial charge is 0.435 e. The van der Waals surface area contributed by atoms with Crippen molar-refractivity contribution in [3.8, 4) is 11.1 Å². The van der Waals surface area contributed by atoms with Gasteiger partial charge in [0.1, 0.15) is 0 Å². The molecular weight excluding hydrogens is 505 g/mol. The van der Waals surface area contributed by atoms with Crippen LogP contribution in [0.15, 0.2) is 67.5 Å². The highest BCUT2D eigenvalue weighted by Gasteiger charge is 2.39. The number of alkyl halides is 3. The second-order valence-electron chi connectivity index (χ2n) is 9.72. The first-order chi connectivity index (χ1) is 18.7. The fourth-order valence-electron chi connectivity index (χ4n) is 5.32. The van der Waals surface area contributed by atoms with Crippen molar-refractivity contribution in [2.75, 3.05) is 11.4 Å². The maximum Gasteiger partial charge on any atom is 0.435 e. The number of imidazole rings is 1. The van der Waals surface area contributed by atoms with Crippen molar-refractivity contribution in [1.29, 1.82) is 0 Å². The number of hydrogen-bond donors (Lipinski definition) is 0. The average Bonchev–Trinajstić information content (AvgIpc) is 3.58. The number of carbonyl (C=O) groups is 1. The molecule has 0 saturated heterocycles. The van der Waals surface area contributed by atoms with Crippen molar-refractivity contribution in [2.24, 2.45) is 7.05 Å². The Balaban J connectivity index is 1.52. The molecule has 7 nitrogen and oxygen atoms in total. The number of aromatic nitrogens is 5. The van der Waals surface area contributed by atoms with Gasteiger partial charge in [0.15, 0.2) is 5.69 Å². The van der Waals surface area contributed by atoms with Crippen LogP contribution in [-0.4, -0.2) is 36.8 Å². The Hall–Kier alpha value is -4.47. The van der Waals surface area contributed by atoms with E-state index in [2.05, 4.69) is 15.1 Å². The molecule has 1 aliphatic rings. The van der Waals surface area contributed by atoms with Crippen LogP contribution in [0.4, 0.5) is 18.9 Å². The van der Waals surface area contributed by atoms with Crippen molar-refractivity contribution < 1.29 is 18.0 Å². The van der Waals surface area contributed by atoms with Gasteiger partial charge in [-0.25, -0.2) is 4.98 Å². The van der Waals surface area contributed by atoms with Crippen LogP contribution in [-0.2, 0) is 32.6 Å². The first-order valence-corrected chi connectivity index (χ1v) is 12.6. The minimum absolute atomic E-state index is 0.0306. The third kappa shape index (κ3) is 4.45. The molecule has 0 saturated carbocycles. The Bertz CT molecular complexity index is 1700. The minimum atomic E-state index is -4.64. The fourth-order valence-corrected chi connectivity index (χ4v) is 5.32. The Kier molecular flexibility index (Phi) is 5.97. The van der Waals surface area contributed by atoms with Gasteiger partial charge in [-0.15, -0.1) is 0 Å². The fraction of sp³-hybridized carbons (Fsp3) is 0.241. The van der Waals surface area contributed by atoms with Gasteiger partial charge in [-0.05, 0) is 65.4 Å². The molecule has 0 radical (unpaired) electrons. The standard InChI is InChI=1S/C29H25F3N6O/c1-3-18-11-23-25(34-14-18)5-4-6-26(23)38-9-7-20-21(24-16-36(2)35-27(24)29(30,31)32)12-19(13-22(20)28(38)39)15-37-10-8-33-17-37/h4-6,8,10-14,16-17H,3,7,9,15H2,1-2H3. The molecule has 10 heteroatoms. The van der Waals surface area contributed by atoms with Crippen LogP contribution in [0, 0.1) is 0 Å². The summed E-state index contributed by atoms with van der Waals surface area (Å²) in [5.41, 5.74) is 3.64. The number of amides is 1. The number of anilines is 1. The van der Waals surface area contributed by atoms with Crippen LogP contribution < -0.4 is 4.90 Å². The summed E-state index contributed by atoms with van der Waals surface area (Å²) in [4.78, 5) is 24.4. The third-order valence-electron chi connectivity index (χ3n) is 7.14. The van der Waals surface area contributed by atoms with E-state index in [4.69, 9.17) is 0 Å². The molecule has 2 aromatic carbocycles. The zero-order valence-electron chi connectivity index (χ0n) is 21.4. The molecule has 0 atom stereocenters. The summed E-state index contributed by atoms with van der Waals surface area (Å²) in [6, 6.07) is 11.2. The summed E-state index contributed by atoms with van der Waals surface area (Å²) in [5.74, 6) is -0.253. The van der Waals surface area contributed by atoms with Gasteiger partial charge in [-0.2, -0.15) is 18.3 Å². The van der Waals surface area contributed by atoms with Gasteiger partial charge in [-0.3, -0.25) is 14.5 Å². The number of benzene rings is 2. The number of rotatable bonds is 5. The molecule has 198 valence electrons. The molecule has 3 aromatic heterocycles. The summed E-state index contributed by atoms with van der Waals surface area (Å²) < 4.78 is 44.9. The number of aryl methyl sites for hydroxylation is 2. The molecule has 39 heavy (non-hydrogen) atoms. The lowest BCUT2D eigenvalue weighted by molar-refractivity contribution is -0.140. The zero-order valence-corrected chi connectivity index (χ0v) is 21.4. The van der Waals surface area contributed by atoms with Crippen LogP contribution in [0.2, 0.25) is 0 Å². The lowest BCUT2D eigenvalue weighted by Crippen LogP contribution is -2.38. The van der Waals surface area contributed by atoms with Crippen molar-refractivity contribution >= 4 is 22.5 Å².